The molecule has 0 aliphatic heterocycles. The molecule has 0 fully saturated rings. The summed E-state index contributed by atoms with van der Waals surface area (Å²) < 4.78 is 11.3. The summed E-state index contributed by atoms with van der Waals surface area (Å²) in [6.07, 6.45) is 1.12. The van der Waals surface area contributed by atoms with Gasteiger partial charge in [-0.3, -0.25) is 0 Å². The maximum Gasteiger partial charge on any atom is 0.0701 e. The average Bonchev–Trinajstić information content (AvgIpc) is 2.45. The molecule has 1 aromatic carbocycles. The first kappa shape index (κ1) is 18.1. The molecular formula is C18H31NO2. The van der Waals surface area contributed by atoms with E-state index in [4.69, 9.17) is 9.47 Å². The van der Waals surface area contributed by atoms with Crippen LogP contribution in [-0.2, 0) is 9.47 Å². The largest absolute Gasteiger partial charge is 0.379 e. The Morgan fingerprint density at radius 1 is 1.10 bits per heavy atom. The van der Waals surface area contributed by atoms with Gasteiger partial charge in [-0.05, 0) is 31.4 Å². The van der Waals surface area contributed by atoms with Crippen molar-refractivity contribution in [1.29, 1.82) is 0 Å². The lowest BCUT2D eigenvalue weighted by molar-refractivity contribution is 0.0302. The van der Waals surface area contributed by atoms with E-state index in [0.29, 0.717) is 25.7 Å². The summed E-state index contributed by atoms with van der Waals surface area (Å²) in [6.45, 7) is 12.4. The van der Waals surface area contributed by atoms with E-state index in [9.17, 15) is 0 Å². The van der Waals surface area contributed by atoms with Gasteiger partial charge in [0.1, 0.15) is 0 Å². The predicted molar refractivity (Wildman–Crippen MR) is 88.7 cm³/mol. The normalized spacial score (nSPS) is 12.8. The Labute approximate surface area is 130 Å². The van der Waals surface area contributed by atoms with Gasteiger partial charge in [0.15, 0.2) is 0 Å². The van der Waals surface area contributed by atoms with Gasteiger partial charge < -0.3 is 14.8 Å². The van der Waals surface area contributed by atoms with Crippen LogP contribution in [0.3, 0.4) is 0 Å². The zero-order valence-electron chi connectivity index (χ0n) is 14.0. The highest BCUT2D eigenvalue weighted by atomic mass is 16.5. The van der Waals surface area contributed by atoms with Gasteiger partial charge in [0.25, 0.3) is 0 Å². The summed E-state index contributed by atoms with van der Waals surface area (Å²) in [5.41, 5.74) is 2.59. The summed E-state index contributed by atoms with van der Waals surface area (Å²) >= 11 is 0. The van der Waals surface area contributed by atoms with Crippen LogP contribution in [-0.4, -0.2) is 33.0 Å². The minimum Gasteiger partial charge on any atom is -0.379 e. The van der Waals surface area contributed by atoms with Crippen molar-refractivity contribution in [2.75, 3.05) is 33.0 Å². The Kier molecular flexibility index (Phi) is 9.31. The monoisotopic (exact) mass is 293 g/mol. The third-order valence-electron chi connectivity index (χ3n) is 3.19. The van der Waals surface area contributed by atoms with Crippen molar-refractivity contribution >= 4 is 0 Å². The summed E-state index contributed by atoms with van der Waals surface area (Å²) in [7, 11) is 0. The fraction of sp³-hybridized carbons (Fsp3) is 0.667. The molecule has 3 heteroatoms. The third-order valence-corrected chi connectivity index (χ3v) is 3.19. The first-order valence-corrected chi connectivity index (χ1v) is 8.09. The second kappa shape index (κ2) is 10.8. The van der Waals surface area contributed by atoms with Crippen molar-refractivity contribution in [3.63, 3.8) is 0 Å². The van der Waals surface area contributed by atoms with E-state index in [1.54, 1.807) is 0 Å². The van der Waals surface area contributed by atoms with Gasteiger partial charge in [0.2, 0.25) is 0 Å². The van der Waals surface area contributed by atoms with E-state index in [2.05, 4.69) is 57.3 Å². The number of nitrogens with one attached hydrogen (secondary N) is 1. The lowest BCUT2D eigenvalue weighted by atomic mass is 10.0. The van der Waals surface area contributed by atoms with Gasteiger partial charge in [-0.1, -0.05) is 50.6 Å². The number of hydrogen-bond acceptors (Lipinski definition) is 3. The SMILES string of the molecule is CCCNC(COCCOCC(C)C)c1cccc(C)c1. The molecular weight excluding hydrogens is 262 g/mol. The maximum absolute atomic E-state index is 5.78. The van der Waals surface area contributed by atoms with Crippen LogP contribution < -0.4 is 5.32 Å². The summed E-state index contributed by atoms with van der Waals surface area (Å²) in [6, 6.07) is 8.89. The average molecular weight is 293 g/mol. The molecule has 21 heavy (non-hydrogen) atoms. The van der Waals surface area contributed by atoms with Crippen LogP contribution in [0.15, 0.2) is 24.3 Å². The standard InChI is InChI=1S/C18H31NO2/c1-5-9-19-18(17-8-6-7-16(4)12-17)14-21-11-10-20-13-15(2)3/h6-8,12,15,18-19H,5,9-11,13-14H2,1-4H3. The van der Waals surface area contributed by atoms with E-state index in [0.717, 1.165) is 19.6 Å². The predicted octanol–water partition coefficient (Wildman–Crippen LogP) is 3.72. The molecule has 0 saturated carbocycles. The quantitative estimate of drug-likeness (QED) is 0.631. The van der Waals surface area contributed by atoms with Crippen LogP contribution in [0.25, 0.3) is 0 Å². The molecule has 0 spiro atoms. The summed E-state index contributed by atoms with van der Waals surface area (Å²) in [4.78, 5) is 0. The molecule has 1 unspecified atom stereocenters. The van der Waals surface area contributed by atoms with E-state index in [1.165, 1.54) is 11.1 Å². The Morgan fingerprint density at radius 2 is 1.81 bits per heavy atom. The molecule has 1 atom stereocenters. The molecule has 0 aliphatic carbocycles. The van der Waals surface area contributed by atoms with Gasteiger partial charge in [-0.25, -0.2) is 0 Å². The fourth-order valence-corrected chi connectivity index (χ4v) is 2.12. The van der Waals surface area contributed by atoms with Crippen molar-refractivity contribution < 1.29 is 9.47 Å². The van der Waals surface area contributed by atoms with Crippen LogP contribution in [0.5, 0.6) is 0 Å². The zero-order valence-corrected chi connectivity index (χ0v) is 14.0. The molecule has 1 N–H and O–H groups in total. The van der Waals surface area contributed by atoms with Crippen LogP contribution in [0.4, 0.5) is 0 Å². The van der Waals surface area contributed by atoms with Crippen molar-refractivity contribution in [2.45, 2.75) is 40.2 Å². The second-order valence-corrected chi connectivity index (χ2v) is 5.96. The highest BCUT2D eigenvalue weighted by molar-refractivity contribution is 5.25. The second-order valence-electron chi connectivity index (χ2n) is 5.96. The smallest absolute Gasteiger partial charge is 0.0701 e. The van der Waals surface area contributed by atoms with E-state index >= 15 is 0 Å². The number of rotatable bonds is 11. The topological polar surface area (TPSA) is 30.5 Å². The lowest BCUT2D eigenvalue weighted by Crippen LogP contribution is -2.27. The maximum atomic E-state index is 5.78. The molecule has 1 rings (SSSR count). The van der Waals surface area contributed by atoms with Gasteiger partial charge in [-0.15, -0.1) is 0 Å². The Morgan fingerprint density at radius 3 is 2.43 bits per heavy atom. The molecule has 0 aliphatic rings. The zero-order chi connectivity index (χ0) is 15.5. The molecule has 120 valence electrons. The highest BCUT2D eigenvalue weighted by Crippen LogP contribution is 2.15. The van der Waals surface area contributed by atoms with Gasteiger partial charge in [0, 0.05) is 6.61 Å². The first-order chi connectivity index (χ1) is 10.1. The molecule has 0 radical (unpaired) electrons. The molecule has 1 aromatic rings. The van der Waals surface area contributed by atoms with Crippen molar-refractivity contribution in [3.05, 3.63) is 35.4 Å². The van der Waals surface area contributed by atoms with E-state index in [-0.39, 0.29) is 6.04 Å². The molecule has 0 bridgehead atoms. The van der Waals surface area contributed by atoms with E-state index in [1.807, 2.05) is 0 Å². The van der Waals surface area contributed by atoms with Crippen LogP contribution in [0, 0.1) is 12.8 Å². The van der Waals surface area contributed by atoms with Crippen molar-refractivity contribution in [2.24, 2.45) is 5.92 Å². The Hall–Kier alpha value is -0.900. The summed E-state index contributed by atoms with van der Waals surface area (Å²) in [5, 5.41) is 3.56. The van der Waals surface area contributed by atoms with Gasteiger partial charge >= 0.3 is 0 Å². The molecule has 0 aromatic heterocycles. The number of ether oxygens (including phenoxy) is 2. The minimum atomic E-state index is 0.259. The molecule has 3 nitrogen and oxygen atoms in total. The number of aryl methyl sites for hydroxylation is 1. The Bertz CT molecular complexity index is 379. The minimum absolute atomic E-state index is 0.259. The van der Waals surface area contributed by atoms with Crippen molar-refractivity contribution in [3.8, 4) is 0 Å². The molecule has 0 saturated heterocycles. The van der Waals surface area contributed by atoms with Gasteiger partial charge in [0.05, 0.1) is 25.9 Å². The van der Waals surface area contributed by atoms with Crippen LogP contribution in [0.2, 0.25) is 0 Å². The van der Waals surface area contributed by atoms with Crippen molar-refractivity contribution in [1.82, 2.24) is 5.32 Å². The summed E-state index contributed by atoms with van der Waals surface area (Å²) in [5.74, 6) is 0.580. The van der Waals surface area contributed by atoms with Crippen LogP contribution in [0.1, 0.15) is 44.4 Å². The number of benzene rings is 1. The molecule has 0 heterocycles. The Balaban J connectivity index is 2.36. The lowest BCUT2D eigenvalue weighted by Gasteiger charge is -2.19. The van der Waals surface area contributed by atoms with Gasteiger partial charge in [-0.2, -0.15) is 0 Å². The van der Waals surface area contributed by atoms with E-state index < -0.39 is 0 Å². The fourth-order valence-electron chi connectivity index (χ4n) is 2.12. The first-order valence-electron chi connectivity index (χ1n) is 8.09. The third kappa shape index (κ3) is 8.20. The number of hydrogen-bond donors (Lipinski definition) is 1. The van der Waals surface area contributed by atoms with Crippen LogP contribution >= 0.6 is 0 Å². The highest BCUT2D eigenvalue weighted by Gasteiger charge is 2.10. The molecule has 0 amide bonds.